The maximum atomic E-state index is 10.2. The fraction of sp³-hybridized carbons (Fsp3) is 0.438. The summed E-state index contributed by atoms with van der Waals surface area (Å²) in [5, 5.41) is 16.4. The number of hydrogen-bond acceptors (Lipinski definition) is 5. The second-order valence-electron chi connectivity index (χ2n) is 5.12. The number of aliphatic hydroxyl groups excluding tert-OH is 1. The molecule has 0 spiro atoms. The minimum absolute atomic E-state index is 0.343. The Labute approximate surface area is 135 Å². The number of pyridine rings is 1. The van der Waals surface area contributed by atoms with Gasteiger partial charge in [-0.25, -0.2) is 9.98 Å². The standard InChI is InChI=1S/C16H23N5O2/c1-4-18-16(20-10-15-21-11(2)12(3)23-15)19-9-14(22)13-5-7-17-8-6-13/h5-8,14,22H,4,9-10H2,1-3H3,(H2,18,19,20). The molecular weight excluding hydrogens is 294 g/mol. The van der Waals surface area contributed by atoms with Crippen molar-refractivity contribution in [2.75, 3.05) is 13.1 Å². The fourth-order valence-corrected chi connectivity index (χ4v) is 1.99. The molecule has 0 fully saturated rings. The molecule has 23 heavy (non-hydrogen) atoms. The molecule has 0 aliphatic heterocycles. The first-order valence-corrected chi connectivity index (χ1v) is 7.63. The molecule has 7 heteroatoms. The zero-order chi connectivity index (χ0) is 16.7. The first-order valence-electron chi connectivity index (χ1n) is 7.63. The van der Waals surface area contributed by atoms with Gasteiger partial charge in [0, 0.05) is 25.5 Å². The van der Waals surface area contributed by atoms with Crippen LogP contribution in [0.1, 0.15) is 35.9 Å². The summed E-state index contributed by atoms with van der Waals surface area (Å²) in [4.78, 5) is 12.7. The van der Waals surface area contributed by atoms with Crippen molar-refractivity contribution < 1.29 is 9.52 Å². The Balaban J connectivity index is 1.93. The highest BCUT2D eigenvalue weighted by Crippen LogP contribution is 2.10. The van der Waals surface area contributed by atoms with Crippen molar-refractivity contribution in [3.05, 3.63) is 47.4 Å². The number of rotatable bonds is 6. The Morgan fingerprint density at radius 3 is 2.65 bits per heavy atom. The molecule has 2 aromatic heterocycles. The van der Waals surface area contributed by atoms with Gasteiger partial charge in [0.15, 0.2) is 5.96 Å². The zero-order valence-electron chi connectivity index (χ0n) is 13.7. The highest BCUT2D eigenvalue weighted by atomic mass is 16.4. The number of aliphatic hydroxyl groups is 1. The predicted molar refractivity (Wildman–Crippen MR) is 88.0 cm³/mol. The third-order valence-corrected chi connectivity index (χ3v) is 3.34. The lowest BCUT2D eigenvalue weighted by Crippen LogP contribution is -2.39. The van der Waals surface area contributed by atoms with Crippen molar-refractivity contribution in [2.24, 2.45) is 4.99 Å². The smallest absolute Gasteiger partial charge is 0.216 e. The third-order valence-electron chi connectivity index (χ3n) is 3.34. The second-order valence-corrected chi connectivity index (χ2v) is 5.12. The van der Waals surface area contributed by atoms with Gasteiger partial charge in [-0.2, -0.15) is 0 Å². The Morgan fingerprint density at radius 1 is 1.30 bits per heavy atom. The van der Waals surface area contributed by atoms with Gasteiger partial charge in [-0.3, -0.25) is 4.98 Å². The highest BCUT2D eigenvalue weighted by molar-refractivity contribution is 5.79. The third kappa shape index (κ3) is 5.07. The van der Waals surface area contributed by atoms with E-state index in [1.54, 1.807) is 24.5 Å². The van der Waals surface area contributed by atoms with Crippen LogP contribution >= 0.6 is 0 Å². The summed E-state index contributed by atoms with van der Waals surface area (Å²) in [7, 11) is 0. The van der Waals surface area contributed by atoms with E-state index in [1.165, 1.54) is 0 Å². The molecule has 2 aromatic rings. The van der Waals surface area contributed by atoms with Gasteiger partial charge in [-0.15, -0.1) is 0 Å². The van der Waals surface area contributed by atoms with E-state index < -0.39 is 6.10 Å². The van der Waals surface area contributed by atoms with Crippen LogP contribution in [0.25, 0.3) is 0 Å². The highest BCUT2D eigenvalue weighted by Gasteiger charge is 2.09. The monoisotopic (exact) mass is 317 g/mol. The molecule has 1 atom stereocenters. The van der Waals surface area contributed by atoms with Crippen molar-refractivity contribution in [1.82, 2.24) is 20.6 Å². The van der Waals surface area contributed by atoms with Crippen LogP contribution < -0.4 is 10.6 Å². The molecule has 0 amide bonds. The van der Waals surface area contributed by atoms with E-state index in [-0.39, 0.29) is 0 Å². The number of nitrogens with zero attached hydrogens (tertiary/aromatic N) is 3. The molecule has 7 nitrogen and oxygen atoms in total. The lowest BCUT2D eigenvalue weighted by molar-refractivity contribution is 0.180. The van der Waals surface area contributed by atoms with Gasteiger partial charge in [0.05, 0.1) is 11.8 Å². The molecule has 1 unspecified atom stereocenters. The van der Waals surface area contributed by atoms with Crippen LogP contribution in [0.15, 0.2) is 33.9 Å². The fourth-order valence-electron chi connectivity index (χ4n) is 1.99. The van der Waals surface area contributed by atoms with Crippen molar-refractivity contribution in [3.8, 4) is 0 Å². The average molecular weight is 317 g/mol. The molecule has 0 aliphatic carbocycles. The SMILES string of the molecule is CCNC(=NCc1nc(C)c(C)o1)NCC(O)c1ccncc1. The van der Waals surface area contributed by atoms with Crippen LogP contribution in [0, 0.1) is 13.8 Å². The summed E-state index contributed by atoms with van der Waals surface area (Å²) >= 11 is 0. The van der Waals surface area contributed by atoms with Crippen LogP contribution in [0.4, 0.5) is 0 Å². The van der Waals surface area contributed by atoms with Crippen molar-refractivity contribution >= 4 is 5.96 Å². The molecule has 3 N–H and O–H groups in total. The summed E-state index contributed by atoms with van der Waals surface area (Å²) in [6.45, 7) is 7.18. The molecule has 0 saturated heterocycles. The Morgan fingerprint density at radius 2 is 2.04 bits per heavy atom. The number of guanidine groups is 1. The number of hydrogen-bond donors (Lipinski definition) is 3. The zero-order valence-corrected chi connectivity index (χ0v) is 13.7. The lowest BCUT2D eigenvalue weighted by atomic mass is 10.1. The minimum Gasteiger partial charge on any atom is -0.444 e. The molecule has 124 valence electrons. The van der Waals surface area contributed by atoms with Gasteiger partial charge in [0.1, 0.15) is 12.3 Å². The summed E-state index contributed by atoms with van der Waals surface area (Å²) in [6, 6.07) is 3.57. The molecule has 0 radical (unpaired) electrons. The maximum Gasteiger partial charge on any atom is 0.216 e. The summed E-state index contributed by atoms with van der Waals surface area (Å²) in [5.41, 5.74) is 1.68. The number of aromatic nitrogens is 2. The van der Waals surface area contributed by atoms with E-state index in [0.29, 0.717) is 24.9 Å². The normalized spacial score (nSPS) is 13.0. The quantitative estimate of drug-likeness (QED) is 0.552. The van der Waals surface area contributed by atoms with Crippen LogP contribution in [0.5, 0.6) is 0 Å². The molecule has 0 aliphatic rings. The number of aryl methyl sites for hydroxylation is 2. The molecule has 2 rings (SSSR count). The van der Waals surface area contributed by atoms with E-state index in [9.17, 15) is 5.11 Å². The summed E-state index contributed by atoms with van der Waals surface area (Å²) < 4.78 is 5.51. The van der Waals surface area contributed by atoms with E-state index in [0.717, 1.165) is 23.6 Å². The predicted octanol–water partition coefficient (Wildman–Crippen LogP) is 1.48. The second kappa shape index (κ2) is 8.28. The van der Waals surface area contributed by atoms with Crippen molar-refractivity contribution in [3.63, 3.8) is 0 Å². The maximum absolute atomic E-state index is 10.2. The largest absolute Gasteiger partial charge is 0.444 e. The number of aliphatic imine (C=N–C) groups is 1. The molecule has 2 heterocycles. The number of nitrogens with one attached hydrogen (secondary N) is 2. The lowest BCUT2D eigenvalue weighted by Gasteiger charge is -2.15. The van der Waals surface area contributed by atoms with E-state index >= 15 is 0 Å². The van der Waals surface area contributed by atoms with Crippen LogP contribution in [-0.4, -0.2) is 34.1 Å². The van der Waals surface area contributed by atoms with Gasteiger partial charge in [0.25, 0.3) is 0 Å². The Bertz CT molecular complexity index is 620. The van der Waals surface area contributed by atoms with Gasteiger partial charge >= 0.3 is 0 Å². The molecule has 0 bridgehead atoms. The minimum atomic E-state index is -0.631. The Kier molecular flexibility index (Phi) is 6.10. The summed E-state index contributed by atoms with van der Waals surface area (Å²) in [5.74, 6) is 1.99. The molecular formula is C16H23N5O2. The molecule has 0 saturated carbocycles. The van der Waals surface area contributed by atoms with Gasteiger partial charge in [-0.05, 0) is 38.5 Å². The van der Waals surface area contributed by atoms with E-state index in [2.05, 4.69) is 25.6 Å². The first-order chi connectivity index (χ1) is 11.1. The van der Waals surface area contributed by atoms with Crippen LogP contribution in [-0.2, 0) is 6.54 Å². The van der Waals surface area contributed by atoms with Crippen LogP contribution in [0.3, 0.4) is 0 Å². The van der Waals surface area contributed by atoms with Gasteiger partial charge in [0.2, 0.25) is 5.89 Å². The van der Waals surface area contributed by atoms with E-state index in [1.807, 2.05) is 20.8 Å². The van der Waals surface area contributed by atoms with Crippen molar-refractivity contribution in [2.45, 2.75) is 33.4 Å². The topological polar surface area (TPSA) is 95.6 Å². The van der Waals surface area contributed by atoms with Gasteiger partial charge < -0.3 is 20.2 Å². The van der Waals surface area contributed by atoms with Crippen molar-refractivity contribution in [1.29, 1.82) is 0 Å². The summed E-state index contributed by atoms with van der Waals surface area (Å²) in [6.07, 6.45) is 2.68. The first kappa shape index (κ1) is 17.0. The Hall–Kier alpha value is -2.41. The van der Waals surface area contributed by atoms with Crippen LogP contribution in [0.2, 0.25) is 0 Å². The van der Waals surface area contributed by atoms with E-state index in [4.69, 9.17) is 4.42 Å². The van der Waals surface area contributed by atoms with Gasteiger partial charge in [-0.1, -0.05) is 0 Å². The average Bonchev–Trinajstić information content (AvgIpc) is 2.89. The molecule has 0 aromatic carbocycles. The number of oxazole rings is 1.